The van der Waals surface area contributed by atoms with E-state index in [1.165, 1.54) is 11.3 Å². The molecule has 1 amide bonds. The molecule has 21 heavy (non-hydrogen) atoms. The summed E-state index contributed by atoms with van der Waals surface area (Å²) in [4.78, 5) is 19.2. The van der Waals surface area contributed by atoms with E-state index in [1.54, 1.807) is 0 Å². The van der Waals surface area contributed by atoms with Gasteiger partial charge in [-0.15, -0.1) is 0 Å². The van der Waals surface area contributed by atoms with Crippen LogP contribution in [0.5, 0.6) is 0 Å². The zero-order valence-corrected chi connectivity index (χ0v) is 12.6. The number of rotatable bonds is 4. The van der Waals surface area contributed by atoms with Crippen LogP contribution in [-0.4, -0.2) is 54.4 Å². The Morgan fingerprint density at radius 3 is 2.76 bits per heavy atom. The van der Waals surface area contributed by atoms with Gasteiger partial charge in [0.15, 0.2) is 5.13 Å². The van der Waals surface area contributed by atoms with E-state index in [9.17, 15) is 9.90 Å². The number of nitrogens with zero attached hydrogens (tertiary/aromatic N) is 2. The highest BCUT2D eigenvalue weighted by atomic mass is 32.1. The van der Waals surface area contributed by atoms with Crippen molar-refractivity contribution in [2.45, 2.75) is 24.8 Å². The van der Waals surface area contributed by atoms with E-state index in [0.717, 1.165) is 37.5 Å². The number of anilines is 2. The van der Waals surface area contributed by atoms with Crippen molar-refractivity contribution in [3.05, 3.63) is 4.88 Å². The molecule has 0 bridgehead atoms. The van der Waals surface area contributed by atoms with Crippen molar-refractivity contribution in [2.75, 3.05) is 43.5 Å². The Morgan fingerprint density at radius 1 is 1.48 bits per heavy atom. The van der Waals surface area contributed by atoms with Crippen molar-refractivity contribution in [1.82, 2.24) is 10.3 Å². The Labute approximate surface area is 127 Å². The third-order valence-corrected chi connectivity index (χ3v) is 5.25. The predicted octanol–water partition coefficient (Wildman–Crippen LogP) is 0.207. The Bertz CT molecular complexity index is 518. The second-order valence-electron chi connectivity index (χ2n) is 5.56. The van der Waals surface area contributed by atoms with Crippen LogP contribution in [-0.2, 0) is 4.74 Å². The molecule has 4 N–H and O–H groups in total. The van der Waals surface area contributed by atoms with E-state index in [0.29, 0.717) is 18.1 Å². The number of thiazole rings is 1. The summed E-state index contributed by atoms with van der Waals surface area (Å²) in [6, 6.07) is 0. The number of nitrogen functional groups attached to an aromatic ring is 1. The summed E-state index contributed by atoms with van der Waals surface area (Å²) in [5.74, 6) is 0.0182. The van der Waals surface area contributed by atoms with Gasteiger partial charge in [0, 0.05) is 13.1 Å². The molecule has 116 valence electrons. The molecule has 1 aromatic heterocycles. The van der Waals surface area contributed by atoms with Crippen molar-refractivity contribution in [3.8, 4) is 0 Å². The first-order chi connectivity index (χ1) is 10.1. The Morgan fingerprint density at radius 2 is 2.19 bits per heavy atom. The van der Waals surface area contributed by atoms with Gasteiger partial charge in [-0.25, -0.2) is 4.98 Å². The average Bonchev–Trinajstić information content (AvgIpc) is 2.86. The zero-order chi connectivity index (χ0) is 14.9. The van der Waals surface area contributed by atoms with Gasteiger partial charge in [0.05, 0.1) is 25.4 Å². The van der Waals surface area contributed by atoms with Crippen molar-refractivity contribution in [3.63, 3.8) is 0 Å². The van der Waals surface area contributed by atoms with Crippen molar-refractivity contribution in [2.24, 2.45) is 0 Å². The number of carbonyl (C=O) groups excluding carboxylic acids is 1. The third-order valence-electron chi connectivity index (χ3n) is 4.12. The zero-order valence-electron chi connectivity index (χ0n) is 11.8. The van der Waals surface area contributed by atoms with Gasteiger partial charge < -0.3 is 25.8 Å². The largest absolute Gasteiger partial charge is 0.394 e. The molecule has 3 rings (SSSR count). The summed E-state index contributed by atoms with van der Waals surface area (Å²) in [6.07, 6.45) is 2.65. The van der Waals surface area contributed by atoms with Crippen LogP contribution in [0.4, 0.5) is 10.9 Å². The van der Waals surface area contributed by atoms with E-state index in [2.05, 4.69) is 15.2 Å². The standard InChI is InChI=1S/C13H20N4O3S/c14-10-9(11(19)16-13(8-18)2-1-3-13)21-12(15-10)17-4-6-20-7-5-17/h18H,1-8,14H2,(H,16,19). The number of nitrogens with two attached hydrogens (primary N) is 1. The number of carbonyl (C=O) groups is 1. The van der Waals surface area contributed by atoms with Crippen LogP contribution >= 0.6 is 11.3 Å². The fourth-order valence-corrected chi connectivity index (χ4v) is 3.53. The molecule has 8 heteroatoms. The summed E-state index contributed by atoms with van der Waals surface area (Å²) in [6.45, 7) is 2.81. The maximum Gasteiger partial charge on any atom is 0.265 e. The Kier molecular flexibility index (Phi) is 4.01. The molecule has 1 aliphatic carbocycles. The normalized spacial score (nSPS) is 20.9. The number of aromatic nitrogens is 1. The maximum atomic E-state index is 12.4. The molecule has 1 aliphatic heterocycles. The van der Waals surface area contributed by atoms with Gasteiger partial charge in [0.1, 0.15) is 10.7 Å². The lowest BCUT2D eigenvalue weighted by Gasteiger charge is -2.40. The molecule has 0 unspecified atom stereocenters. The highest BCUT2D eigenvalue weighted by Gasteiger charge is 2.38. The van der Waals surface area contributed by atoms with Crippen LogP contribution < -0.4 is 16.0 Å². The number of aliphatic hydroxyl groups is 1. The topological polar surface area (TPSA) is 101 Å². The van der Waals surface area contributed by atoms with Crippen molar-refractivity contribution < 1.29 is 14.6 Å². The third kappa shape index (κ3) is 2.83. The van der Waals surface area contributed by atoms with Crippen LogP contribution in [0.1, 0.15) is 28.9 Å². The number of ether oxygens (including phenoxy) is 1. The van der Waals surface area contributed by atoms with E-state index >= 15 is 0 Å². The fraction of sp³-hybridized carbons (Fsp3) is 0.692. The molecule has 1 saturated heterocycles. The first-order valence-corrected chi connectivity index (χ1v) is 7.98. The van der Waals surface area contributed by atoms with Crippen LogP contribution in [0, 0.1) is 0 Å². The lowest BCUT2D eigenvalue weighted by Crippen LogP contribution is -2.56. The lowest BCUT2D eigenvalue weighted by atomic mass is 9.77. The summed E-state index contributed by atoms with van der Waals surface area (Å²) < 4.78 is 5.31. The predicted molar refractivity (Wildman–Crippen MR) is 80.7 cm³/mol. The molecule has 2 fully saturated rings. The van der Waals surface area contributed by atoms with Gasteiger partial charge in [-0.05, 0) is 19.3 Å². The smallest absolute Gasteiger partial charge is 0.265 e. The summed E-state index contributed by atoms with van der Waals surface area (Å²) in [5, 5.41) is 13.1. The van der Waals surface area contributed by atoms with E-state index < -0.39 is 5.54 Å². The first-order valence-electron chi connectivity index (χ1n) is 7.16. The number of nitrogens with one attached hydrogen (secondary N) is 1. The SMILES string of the molecule is Nc1nc(N2CCOCC2)sc1C(=O)NC1(CO)CCC1. The molecule has 0 spiro atoms. The molecule has 0 atom stereocenters. The van der Waals surface area contributed by atoms with Crippen LogP contribution in [0.2, 0.25) is 0 Å². The number of hydrogen-bond donors (Lipinski definition) is 3. The van der Waals surface area contributed by atoms with Gasteiger partial charge in [-0.1, -0.05) is 11.3 Å². The maximum absolute atomic E-state index is 12.4. The summed E-state index contributed by atoms with van der Waals surface area (Å²) >= 11 is 1.30. The molecule has 0 aromatic carbocycles. The molecular formula is C13H20N4O3S. The second-order valence-corrected chi connectivity index (χ2v) is 6.53. The average molecular weight is 312 g/mol. The molecule has 0 radical (unpaired) electrons. The molecule has 1 saturated carbocycles. The van der Waals surface area contributed by atoms with Gasteiger partial charge in [0.2, 0.25) is 0 Å². The van der Waals surface area contributed by atoms with Crippen LogP contribution in [0.25, 0.3) is 0 Å². The minimum absolute atomic E-state index is 0.0340. The summed E-state index contributed by atoms with van der Waals surface area (Å²) in [7, 11) is 0. The minimum atomic E-state index is -0.466. The van der Waals surface area contributed by atoms with Gasteiger partial charge >= 0.3 is 0 Å². The molecular weight excluding hydrogens is 292 g/mol. The molecule has 1 aromatic rings. The van der Waals surface area contributed by atoms with Crippen molar-refractivity contribution >= 4 is 28.2 Å². The quantitative estimate of drug-likeness (QED) is 0.734. The fourth-order valence-electron chi connectivity index (χ4n) is 2.60. The Balaban J connectivity index is 1.72. The number of morpholine rings is 1. The van der Waals surface area contributed by atoms with Gasteiger partial charge in [0.25, 0.3) is 5.91 Å². The number of hydrogen-bond acceptors (Lipinski definition) is 7. The highest BCUT2D eigenvalue weighted by molar-refractivity contribution is 7.18. The number of amides is 1. The Hall–Kier alpha value is -1.38. The lowest BCUT2D eigenvalue weighted by molar-refractivity contribution is 0.0645. The van der Waals surface area contributed by atoms with Crippen LogP contribution in [0.15, 0.2) is 0 Å². The molecule has 2 heterocycles. The number of aliphatic hydroxyl groups excluding tert-OH is 1. The van der Waals surface area contributed by atoms with Crippen LogP contribution in [0.3, 0.4) is 0 Å². The van der Waals surface area contributed by atoms with E-state index in [1.807, 2.05) is 0 Å². The summed E-state index contributed by atoms with van der Waals surface area (Å²) in [5.41, 5.74) is 5.42. The van der Waals surface area contributed by atoms with Gasteiger partial charge in [-0.2, -0.15) is 0 Å². The monoisotopic (exact) mass is 312 g/mol. The van der Waals surface area contributed by atoms with E-state index in [4.69, 9.17) is 10.5 Å². The van der Waals surface area contributed by atoms with Crippen molar-refractivity contribution in [1.29, 1.82) is 0 Å². The van der Waals surface area contributed by atoms with Gasteiger partial charge in [-0.3, -0.25) is 4.79 Å². The molecule has 7 nitrogen and oxygen atoms in total. The second kappa shape index (κ2) is 5.78. The van der Waals surface area contributed by atoms with E-state index in [-0.39, 0.29) is 18.3 Å². The first kappa shape index (κ1) is 14.6. The minimum Gasteiger partial charge on any atom is -0.394 e. The molecule has 2 aliphatic rings. The highest BCUT2D eigenvalue weighted by Crippen LogP contribution is 2.33.